The van der Waals surface area contributed by atoms with Crippen molar-refractivity contribution in [2.75, 3.05) is 11.9 Å². The number of carbonyl (C=O) groups excluding carboxylic acids is 1. The highest BCUT2D eigenvalue weighted by Gasteiger charge is 2.24. The van der Waals surface area contributed by atoms with Crippen LogP contribution in [0.25, 0.3) is 0 Å². The van der Waals surface area contributed by atoms with Crippen molar-refractivity contribution >= 4 is 17.6 Å². The summed E-state index contributed by atoms with van der Waals surface area (Å²) in [7, 11) is 0. The third-order valence-electron chi connectivity index (χ3n) is 2.98. The van der Waals surface area contributed by atoms with E-state index < -0.39 is 17.8 Å². The molecule has 1 atom stereocenters. The van der Waals surface area contributed by atoms with Gasteiger partial charge in [-0.25, -0.2) is 0 Å². The van der Waals surface area contributed by atoms with Gasteiger partial charge in [-0.05, 0) is 30.2 Å². The number of benzene rings is 1. The lowest BCUT2D eigenvalue weighted by Crippen LogP contribution is -2.28. The number of carboxylic acids is 1. The van der Waals surface area contributed by atoms with Crippen LogP contribution >= 0.6 is 0 Å². The molecule has 0 fully saturated rings. The monoisotopic (exact) mass is 249 g/mol. The molecule has 0 bridgehead atoms. The molecule has 0 radical (unpaired) electrons. The van der Waals surface area contributed by atoms with E-state index in [9.17, 15) is 9.59 Å². The highest BCUT2D eigenvalue weighted by Crippen LogP contribution is 2.28. The zero-order valence-electron chi connectivity index (χ0n) is 10.1. The Morgan fingerprint density at radius 2 is 2.28 bits per heavy atom. The highest BCUT2D eigenvalue weighted by molar-refractivity contribution is 6.04. The number of ether oxygens (including phenoxy) is 1. The number of anilines is 1. The smallest absolute Gasteiger partial charge is 0.316 e. The molecule has 5 heteroatoms. The molecule has 0 spiro atoms. The minimum absolute atomic E-state index is 0.273. The fourth-order valence-electron chi connectivity index (χ4n) is 1.97. The molecule has 1 amide bonds. The van der Waals surface area contributed by atoms with Crippen LogP contribution in [0.5, 0.6) is 5.75 Å². The van der Waals surface area contributed by atoms with Gasteiger partial charge in [0.1, 0.15) is 11.7 Å². The van der Waals surface area contributed by atoms with E-state index in [1.54, 1.807) is 19.1 Å². The molecular weight excluding hydrogens is 234 g/mol. The van der Waals surface area contributed by atoms with Crippen LogP contribution in [0, 0.1) is 5.92 Å². The summed E-state index contributed by atoms with van der Waals surface area (Å²) in [5, 5.41) is 11.5. The largest absolute Gasteiger partial charge is 0.493 e. The predicted molar refractivity (Wildman–Crippen MR) is 65.7 cm³/mol. The standard InChI is InChI=1S/C13H15NO4/c1-2-10(13(16)17)12(15)14-9-3-4-11-8(7-9)5-6-18-11/h3-4,7,10H,2,5-6H2,1H3,(H,14,15)(H,16,17). The summed E-state index contributed by atoms with van der Waals surface area (Å²) in [5.41, 5.74) is 1.65. The second-order valence-corrected chi connectivity index (χ2v) is 4.21. The van der Waals surface area contributed by atoms with Gasteiger partial charge in [-0.1, -0.05) is 6.92 Å². The Bertz CT molecular complexity index is 484. The third-order valence-corrected chi connectivity index (χ3v) is 2.98. The summed E-state index contributed by atoms with van der Waals surface area (Å²) in [6, 6.07) is 5.34. The molecule has 18 heavy (non-hydrogen) atoms. The molecule has 2 rings (SSSR count). The molecule has 0 saturated carbocycles. The Morgan fingerprint density at radius 3 is 2.94 bits per heavy atom. The lowest BCUT2D eigenvalue weighted by Gasteiger charge is -2.11. The van der Waals surface area contributed by atoms with Crippen molar-refractivity contribution in [1.29, 1.82) is 0 Å². The summed E-state index contributed by atoms with van der Waals surface area (Å²) in [6.07, 6.45) is 1.09. The number of carbonyl (C=O) groups is 2. The number of hydrogen-bond donors (Lipinski definition) is 2. The molecule has 1 aromatic rings. The summed E-state index contributed by atoms with van der Waals surface area (Å²) in [4.78, 5) is 22.6. The molecule has 5 nitrogen and oxygen atoms in total. The van der Waals surface area contributed by atoms with E-state index in [2.05, 4.69) is 5.32 Å². The number of fused-ring (bicyclic) bond motifs is 1. The van der Waals surface area contributed by atoms with Crippen LogP contribution < -0.4 is 10.1 Å². The van der Waals surface area contributed by atoms with Gasteiger partial charge in [-0.15, -0.1) is 0 Å². The molecule has 1 aromatic carbocycles. The van der Waals surface area contributed by atoms with Crippen molar-refractivity contribution < 1.29 is 19.4 Å². The first kappa shape index (κ1) is 12.4. The number of hydrogen-bond acceptors (Lipinski definition) is 3. The van der Waals surface area contributed by atoms with Gasteiger partial charge >= 0.3 is 5.97 Å². The molecular formula is C13H15NO4. The first-order valence-electron chi connectivity index (χ1n) is 5.91. The van der Waals surface area contributed by atoms with Gasteiger partial charge < -0.3 is 15.2 Å². The normalized spacial score (nSPS) is 14.5. The van der Waals surface area contributed by atoms with Gasteiger partial charge in [0.25, 0.3) is 0 Å². The molecule has 0 aromatic heterocycles. The summed E-state index contributed by atoms with van der Waals surface area (Å²) in [6.45, 7) is 2.33. The molecule has 96 valence electrons. The topological polar surface area (TPSA) is 75.6 Å². The Balaban J connectivity index is 2.09. The molecule has 1 aliphatic heterocycles. The number of nitrogens with one attached hydrogen (secondary N) is 1. The molecule has 0 aliphatic carbocycles. The van der Waals surface area contributed by atoms with Crippen molar-refractivity contribution in [2.24, 2.45) is 5.92 Å². The Kier molecular flexibility index (Phi) is 3.50. The molecule has 0 saturated heterocycles. The highest BCUT2D eigenvalue weighted by atomic mass is 16.5. The molecule has 1 aliphatic rings. The van der Waals surface area contributed by atoms with Crippen molar-refractivity contribution in [3.05, 3.63) is 23.8 Å². The van der Waals surface area contributed by atoms with Crippen molar-refractivity contribution in [2.45, 2.75) is 19.8 Å². The van der Waals surface area contributed by atoms with Gasteiger partial charge in [0.15, 0.2) is 0 Å². The number of carboxylic acid groups (broad SMARTS) is 1. The maximum absolute atomic E-state index is 11.8. The molecule has 1 unspecified atom stereocenters. The van der Waals surface area contributed by atoms with Crippen LogP contribution in [0.2, 0.25) is 0 Å². The van der Waals surface area contributed by atoms with Crippen LogP contribution in [0.4, 0.5) is 5.69 Å². The fourth-order valence-corrected chi connectivity index (χ4v) is 1.97. The van der Waals surface area contributed by atoms with Gasteiger partial charge in [-0.3, -0.25) is 9.59 Å². The predicted octanol–water partition coefficient (Wildman–Crippen LogP) is 1.67. The Hall–Kier alpha value is -2.04. The zero-order chi connectivity index (χ0) is 13.1. The Labute approximate surface area is 105 Å². The lowest BCUT2D eigenvalue weighted by atomic mass is 10.1. The van der Waals surface area contributed by atoms with Crippen LogP contribution in [-0.4, -0.2) is 23.6 Å². The zero-order valence-corrected chi connectivity index (χ0v) is 10.1. The number of rotatable bonds is 4. The third kappa shape index (κ3) is 2.45. The van der Waals surface area contributed by atoms with Crippen LogP contribution in [0.3, 0.4) is 0 Å². The fraction of sp³-hybridized carbons (Fsp3) is 0.385. The van der Waals surface area contributed by atoms with E-state index >= 15 is 0 Å². The number of aliphatic carboxylic acids is 1. The van der Waals surface area contributed by atoms with Crippen molar-refractivity contribution in [3.63, 3.8) is 0 Å². The first-order valence-corrected chi connectivity index (χ1v) is 5.91. The van der Waals surface area contributed by atoms with Crippen molar-refractivity contribution in [3.8, 4) is 5.75 Å². The SMILES string of the molecule is CCC(C(=O)O)C(=O)Nc1ccc2c(c1)CCO2. The lowest BCUT2D eigenvalue weighted by molar-refractivity contribution is -0.145. The Morgan fingerprint density at radius 1 is 1.50 bits per heavy atom. The van der Waals surface area contributed by atoms with E-state index in [1.165, 1.54) is 0 Å². The second kappa shape index (κ2) is 5.08. The van der Waals surface area contributed by atoms with Crippen LogP contribution in [0.15, 0.2) is 18.2 Å². The number of amides is 1. The first-order chi connectivity index (χ1) is 8.61. The van der Waals surface area contributed by atoms with E-state index in [4.69, 9.17) is 9.84 Å². The van der Waals surface area contributed by atoms with Gasteiger partial charge in [-0.2, -0.15) is 0 Å². The van der Waals surface area contributed by atoms with Crippen LogP contribution in [0.1, 0.15) is 18.9 Å². The van der Waals surface area contributed by atoms with E-state index in [1.807, 2.05) is 6.07 Å². The van der Waals surface area contributed by atoms with E-state index in [0.29, 0.717) is 12.3 Å². The van der Waals surface area contributed by atoms with E-state index in [0.717, 1.165) is 17.7 Å². The summed E-state index contributed by atoms with van der Waals surface area (Å²) < 4.78 is 5.36. The average Bonchev–Trinajstić information content (AvgIpc) is 2.76. The van der Waals surface area contributed by atoms with Crippen LogP contribution in [-0.2, 0) is 16.0 Å². The minimum atomic E-state index is -1.10. The van der Waals surface area contributed by atoms with Gasteiger partial charge in [0, 0.05) is 12.1 Å². The molecule has 1 heterocycles. The van der Waals surface area contributed by atoms with Gasteiger partial charge in [0.2, 0.25) is 5.91 Å². The average molecular weight is 249 g/mol. The maximum Gasteiger partial charge on any atom is 0.316 e. The summed E-state index contributed by atoms with van der Waals surface area (Å²) in [5.74, 6) is -1.75. The van der Waals surface area contributed by atoms with E-state index in [-0.39, 0.29) is 6.42 Å². The second-order valence-electron chi connectivity index (χ2n) is 4.21. The van der Waals surface area contributed by atoms with Gasteiger partial charge in [0.05, 0.1) is 6.61 Å². The molecule has 2 N–H and O–H groups in total. The summed E-state index contributed by atoms with van der Waals surface area (Å²) >= 11 is 0. The quantitative estimate of drug-likeness (QED) is 0.796. The minimum Gasteiger partial charge on any atom is -0.493 e. The van der Waals surface area contributed by atoms with Crippen molar-refractivity contribution in [1.82, 2.24) is 0 Å². The maximum atomic E-state index is 11.8.